The highest BCUT2D eigenvalue weighted by Gasteiger charge is 2.32. The Labute approximate surface area is 211 Å². The number of hydrogen-bond acceptors (Lipinski definition) is 4. The van der Waals surface area contributed by atoms with E-state index in [-0.39, 0.29) is 17.9 Å². The van der Waals surface area contributed by atoms with Crippen molar-refractivity contribution in [2.45, 2.75) is 58.1 Å². The Morgan fingerprint density at radius 2 is 1.83 bits per heavy atom. The predicted octanol–water partition coefficient (Wildman–Crippen LogP) is 6.32. The Kier molecular flexibility index (Phi) is 7.40. The first-order chi connectivity index (χ1) is 17.1. The molecule has 1 aromatic heterocycles. The second kappa shape index (κ2) is 10.8. The number of amides is 1. The lowest BCUT2D eigenvalue weighted by Gasteiger charge is -2.28. The Bertz CT molecular complexity index is 1130. The molecule has 7 heteroatoms. The monoisotopic (exact) mass is 493 g/mol. The molecule has 35 heavy (non-hydrogen) atoms. The lowest BCUT2D eigenvalue weighted by atomic mass is 10.1. The number of hydrogen-bond donors (Lipinski definition) is 0. The Morgan fingerprint density at radius 1 is 1.09 bits per heavy atom. The molecule has 2 aliphatic rings. The minimum atomic E-state index is 0.0884. The number of para-hydroxylation sites is 1. The Balaban J connectivity index is 1.51. The van der Waals surface area contributed by atoms with E-state index in [0.29, 0.717) is 29.7 Å². The van der Waals surface area contributed by atoms with Crippen LogP contribution in [0, 0.1) is 12.8 Å². The van der Waals surface area contributed by atoms with Gasteiger partial charge in [0.05, 0.1) is 29.6 Å². The van der Waals surface area contributed by atoms with Crippen LogP contribution in [0.15, 0.2) is 54.6 Å². The molecule has 184 valence electrons. The van der Waals surface area contributed by atoms with Crippen LogP contribution in [0.2, 0.25) is 5.02 Å². The van der Waals surface area contributed by atoms with Crippen LogP contribution in [0.25, 0.3) is 5.69 Å². The van der Waals surface area contributed by atoms with E-state index in [0.717, 1.165) is 62.1 Å². The zero-order valence-corrected chi connectivity index (χ0v) is 20.9. The average molecular weight is 494 g/mol. The van der Waals surface area contributed by atoms with E-state index in [4.69, 9.17) is 26.2 Å². The number of benzene rings is 2. The van der Waals surface area contributed by atoms with Crippen LogP contribution in [0.1, 0.15) is 49.8 Å². The van der Waals surface area contributed by atoms with Crippen LogP contribution in [0.5, 0.6) is 11.6 Å². The minimum absolute atomic E-state index is 0.0884. The number of aromatic nitrogens is 2. The standard InChI is InChI=1S/C28H32ClN3O3/c1-20-26(19-31(18-25-12-7-17-34-25)27(33)21-8-5-6-9-21)28(35-24-15-13-22(29)14-16-24)32(30-20)23-10-3-2-4-11-23/h2-4,10-11,13-16,21,25H,5-9,12,17-19H2,1H3/t25-/m0/s1. The third-order valence-corrected chi connectivity index (χ3v) is 7.23. The third kappa shape index (κ3) is 5.54. The number of carbonyl (C=O) groups is 1. The van der Waals surface area contributed by atoms with Crippen LogP contribution in [-0.2, 0) is 16.1 Å². The summed E-state index contributed by atoms with van der Waals surface area (Å²) in [5, 5.41) is 5.48. The van der Waals surface area contributed by atoms with Gasteiger partial charge in [-0.05, 0) is 69.0 Å². The largest absolute Gasteiger partial charge is 0.439 e. The fourth-order valence-electron chi connectivity index (χ4n) is 5.07. The summed E-state index contributed by atoms with van der Waals surface area (Å²) in [6, 6.07) is 17.2. The van der Waals surface area contributed by atoms with Crippen molar-refractivity contribution in [1.29, 1.82) is 0 Å². The van der Waals surface area contributed by atoms with Crippen LogP contribution in [0.4, 0.5) is 0 Å². The van der Waals surface area contributed by atoms with Crippen molar-refractivity contribution < 1.29 is 14.3 Å². The van der Waals surface area contributed by atoms with Gasteiger partial charge in [-0.2, -0.15) is 5.10 Å². The number of carbonyl (C=O) groups excluding carboxylic acids is 1. The van der Waals surface area contributed by atoms with E-state index >= 15 is 0 Å². The van der Waals surface area contributed by atoms with Crippen molar-refractivity contribution in [3.05, 3.63) is 70.9 Å². The zero-order chi connectivity index (χ0) is 24.2. The molecule has 6 nitrogen and oxygen atoms in total. The molecule has 1 atom stereocenters. The molecule has 1 aliphatic carbocycles. The first-order valence-electron chi connectivity index (χ1n) is 12.6. The lowest BCUT2D eigenvalue weighted by Crippen LogP contribution is -2.40. The zero-order valence-electron chi connectivity index (χ0n) is 20.2. The third-order valence-electron chi connectivity index (χ3n) is 6.98. The summed E-state index contributed by atoms with van der Waals surface area (Å²) >= 11 is 6.09. The minimum Gasteiger partial charge on any atom is -0.439 e. The summed E-state index contributed by atoms with van der Waals surface area (Å²) in [6.07, 6.45) is 6.32. The van der Waals surface area contributed by atoms with Gasteiger partial charge in [0.2, 0.25) is 11.8 Å². The lowest BCUT2D eigenvalue weighted by molar-refractivity contribution is -0.137. The molecule has 1 amide bonds. The molecule has 1 saturated heterocycles. The quantitative estimate of drug-likeness (QED) is 0.368. The van der Waals surface area contributed by atoms with Gasteiger partial charge in [0.25, 0.3) is 0 Å². The Hall–Kier alpha value is -2.83. The molecule has 0 radical (unpaired) electrons. The second-order valence-corrected chi connectivity index (χ2v) is 9.94. The van der Waals surface area contributed by atoms with Crippen molar-refractivity contribution in [3.8, 4) is 17.3 Å². The summed E-state index contributed by atoms with van der Waals surface area (Å²) in [6.45, 7) is 3.79. The summed E-state index contributed by atoms with van der Waals surface area (Å²) in [7, 11) is 0. The van der Waals surface area contributed by atoms with E-state index in [2.05, 4.69) is 0 Å². The Morgan fingerprint density at radius 3 is 2.51 bits per heavy atom. The number of rotatable bonds is 8. The predicted molar refractivity (Wildman–Crippen MR) is 136 cm³/mol. The molecule has 0 N–H and O–H groups in total. The summed E-state index contributed by atoms with van der Waals surface area (Å²) < 4.78 is 14.2. The van der Waals surface area contributed by atoms with Gasteiger partial charge in [0.1, 0.15) is 5.75 Å². The highest BCUT2D eigenvalue weighted by Crippen LogP contribution is 2.34. The first-order valence-corrected chi connectivity index (χ1v) is 12.9. The van der Waals surface area contributed by atoms with Crippen LogP contribution < -0.4 is 4.74 Å². The van der Waals surface area contributed by atoms with Crippen molar-refractivity contribution in [2.24, 2.45) is 5.92 Å². The summed E-state index contributed by atoms with van der Waals surface area (Å²) in [5.41, 5.74) is 2.65. The van der Waals surface area contributed by atoms with E-state index in [1.807, 2.05) is 59.0 Å². The maximum Gasteiger partial charge on any atom is 0.227 e. The van der Waals surface area contributed by atoms with Crippen molar-refractivity contribution >= 4 is 17.5 Å². The molecule has 0 bridgehead atoms. The van der Waals surface area contributed by atoms with Crippen LogP contribution in [-0.4, -0.2) is 39.8 Å². The summed E-state index contributed by atoms with van der Waals surface area (Å²) in [4.78, 5) is 15.6. The second-order valence-electron chi connectivity index (χ2n) is 9.51. The van der Waals surface area contributed by atoms with Crippen molar-refractivity contribution in [3.63, 3.8) is 0 Å². The van der Waals surface area contributed by atoms with Gasteiger partial charge in [-0.1, -0.05) is 42.6 Å². The van der Waals surface area contributed by atoms with Crippen LogP contribution in [0.3, 0.4) is 0 Å². The highest BCUT2D eigenvalue weighted by molar-refractivity contribution is 6.30. The molecule has 0 unspecified atom stereocenters. The average Bonchev–Trinajstić information content (AvgIpc) is 3.64. The van der Waals surface area contributed by atoms with Gasteiger partial charge in [-0.3, -0.25) is 4.79 Å². The molecular formula is C28H32ClN3O3. The fraction of sp³-hybridized carbons (Fsp3) is 0.429. The van der Waals surface area contributed by atoms with Crippen molar-refractivity contribution in [1.82, 2.24) is 14.7 Å². The molecule has 0 spiro atoms. The number of ether oxygens (including phenoxy) is 2. The molecule has 3 aromatic rings. The fourth-order valence-corrected chi connectivity index (χ4v) is 5.20. The van der Waals surface area contributed by atoms with E-state index < -0.39 is 0 Å². The van der Waals surface area contributed by atoms with Gasteiger partial charge in [-0.25, -0.2) is 4.68 Å². The molecule has 5 rings (SSSR count). The number of nitrogens with zero attached hydrogens (tertiary/aromatic N) is 3. The van der Waals surface area contributed by atoms with Gasteiger partial charge < -0.3 is 14.4 Å². The molecule has 2 fully saturated rings. The van der Waals surface area contributed by atoms with Gasteiger partial charge in [-0.15, -0.1) is 0 Å². The van der Waals surface area contributed by atoms with E-state index in [9.17, 15) is 4.79 Å². The molecular weight excluding hydrogens is 462 g/mol. The van der Waals surface area contributed by atoms with Gasteiger partial charge in [0.15, 0.2) is 0 Å². The first kappa shape index (κ1) is 23.9. The van der Waals surface area contributed by atoms with Crippen molar-refractivity contribution in [2.75, 3.05) is 13.2 Å². The smallest absolute Gasteiger partial charge is 0.227 e. The number of halogens is 1. The SMILES string of the molecule is Cc1nn(-c2ccccc2)c(Oc2ccc(Cl)cc2)c1CN(C[C@@H]1CCCO1)C(=O)C1CCCC1. The molecule has 1 saturated carbocycles. The molecule has 2 heterocycles. The normalized spacial score (nSPS) is 18.2. The summed E-state index contributed by atoms with van der Waals surface area (Å²) in [5.74, 6) is 1.61. The van der Waals surface area contributed by atoms with E-state index in [1.54, 1.807) is 12.1 Å². The van der Waals surface area contributed by atoms with Crippen LogP contribution >= 0.6 is 11.6 Å². The maximum atomic E-state index is 13.6. The highest BCUT2D eigenvalue weighted by atomic mass is 35.5. The maximum absolute atomic E-state index is 13.6. The molecule has 2 aromatic carbocycles. The number of aryl methyl sites for hydroxylation is 1. The topological polar surface area (TPSA) is 56.6 Å². The van der Waals surface area contributed by atoms with E-state index in [1.165, 1.54) is 0 Å². The van der Waals surface area contributed by atoms with Gasteiger partial charge >= 0.3 is 0 Å². The molecule has 1 aliphatic heterocycles. The van der Waals surface area contributed by atoms with Gasteiger partial charge in [0, 0.05) is 24.1 Å².